The topological polar surface area (TPSA) is 12.0 Å². The van der Waals surface area contributed by atoms with Gasteiger partial charge in [-0.05, 0) is 49.1 Å². The summed E-state index contributed by atoms with van der Waals surface area (Å²) in [4.78, 5) is 1.34. The summed E-state index contributed by atoms with van der Waals surface area (Å²) in [5.74, 6) is 0. The molecular formula is C13H14ClNS. The molecule has 0 aliphatic carbocycles. The van der Waals surface area contributed by atoms with Crippen LogP contribution in [0.25, 0.3) is 0 Å². The zero-order valence-corrected chi connectivity index (χ0v) is 10.9. The van der Waals surface area contributed by atoms with Crippen LogP contribution in [0.2, 0.25) is 5.02 Å². The number of hydrogen-bond donors (Lipinski definition) is 1. The lowest BCUT2D eigenvalue weighted by atomic mass is 10.1. The highest BCUT2D eigenvalue weighted by Crippen LogP contribution is 2.26. The molecule has 0 saturated carbocycles. The van der Waals surface area contributed by atoms with Crippen LogP contribution in [-0.2, 0) is 0 Å². The Morgan fingerprint density at radius 3 is 2.75 bits per heavy atom. The largest absolute Gasteiger partial charge is 0.377 e. The molecule has 1 unspecified atom stereocenters. The van der Waals surface area contributed by atoms with Crippen LogP contribution in [0.3, 0.4) is 0 Å². The second kappa shape index (κ2) is 4.89. The van der Waals surface area contributed by atoms with Gasteiger partial charge in [0.05, 0.1) is 6.04 Å². The number of halogens is 1. The first-order chi connectivity index (χ1) is 7.66. The van der Waals surface area contributed by atoms with Crippen molar-refractivity contribution in [3.63, 3.8) is 0 Å². The Hall–Kier alpha value is -0.990. The SMILES string of the molecule is Cc1cc(Cl)ccc1NC(C)c1cccs1. The van der Waals surface area contributed by atoms with Gasteiger partial charge < -0.3 is 5.32 Å². The fourth-order valence-electron chi connectivity index (χ4n) is 1.63. The van der Waals surface area contributed by atoms with Crippen molar-refractivity contribution in [1.82, 2.24) is 0 Å². The molecule has 0 amide bonds. The predicted molar refractivity (Wildman–Crippen MR) is 72.5 cm³/mol. The molecule has 0 fully saturated rings. The number of thiophene rings is 1. The van der Waals surface area contributed by atoms with Crippen LogP contribution in [0.1, 0.15) is 23.4 Å². The third-order valence-corrected chi connectivity index (χ3v) is 3.82. The van der Waals surface area contributed by atoms with Crippen molar-refractivity contribution >= 4 is 28.6 Å². The molecule has 84 valence electrons. The standard InChI is InChI=1S/C13H14ClNS/c1-9-8-11(14)5-6-12(9)15-10(2)13-4-3-7-16-13/h3-8,10,15H,1-2H3. The number of benzene rings is 1. The van der Waals surface area contributed by atoms with E-state index in [1.54, 1.807) is 11.3 Å². The van der Waals surface area contributed by atoms with Crippen molar-refractivity contribution in [2.24, 2.45) is 0 Å². The molecule has 2 rings (SSSR count). The van der Waals surface area contributed by atoms with E-state index in [0.717, 1.165) is 10.7 Å². The Bertz CT molecular complexity index is 465. The molecule has 1 aromatic heterocycles. The van der Waals surface area contributed by atoms with Crippen molar-refractivity contribution in [3.05, 3.63) is 51.2 Å². The summed E-state index contributed by atoms with van der Waals surface area (Å²) in [6, 6.07) is 10.5. The second-order valence-corrected chi connectivity index (χ2v) is 5.26. The van der Waals surface area contributed by atoms with Crippen LogP contribution in [0.4, 0.5) is 5.69 Å². The monoisotopic (exact) mass is 251 g/mol. The van der Waals surface area contributed by atoms with E-state index in [2.05, 4.69) is 36.7 Å². The van der Waals surface area contributed by atoms with Crippen molar-refractivity contribution in [2.45, 2.75) is 19.9 Å². The molecule has 16 heavy (non-hydrogen) atoms. The van der Waals surface area contributed by atoms with Crippen molar-refractivity contribution in [3.8, 4) is 0 Å². The number of hydrogen-bond acceptors (Lipinski definition) is 2. The van der Waals surface area contributed by atoms with Gasteiger partial charge in [0, 0.05) is 15.6 Å². The van der Waals surface area contributed by atoms with Crippen LogP contribution in [0.15, 0.2) is 35.7 Å². The fourth-order valence-corrected chi connectivity index (χ4v) is 2.59. The van der Waals surface area contributed by atoms with E-state index in [9.17, 15) is 0 Å². The fraction of sp³-hybridized carbons (Fsp3) is 0.231. The third-order valence-electron chi connectivity index (χ3n) is 2.53. The summed E-state index contributed by atoms with van der Waals surface area (Å²) < 4.78 is 0. The molecule has 1 nitrogen and oxygen atoms in total. The smallest absolute Gasteiger partial charge is 0.0578 e. The zero-order chi connectivity index (χ0) is 11.5. The number of nitrogens with one attached hydrogen (secondary N) is 1. The van der Waals surface area contributed by atoms with Gasteiger partial charge in [0.25, 0.3) is 0 Å². The first kappa shape index (κ1) is 11.5. The molecule has 0 bridgehead atoms. The number of anilines is 1. The summed E-state index contributed by atoms with van der Waals surface area (Å²) in [6.45, 7) is 4.23. The molecule has 1 N–H and O–H groups in total. The van der Waals surface area contributed by atoms with Crippen LogP contribution >= 0.6 is 22.9 Å². The van der Waals surface area contributed by atoms with E-state index < -0.39 is 0 Å². The van der Waals surface area contributed by atoms with Crippen molar-refractivity contribution in [1.29, 1.82) is 0 Å². The van der Waals surface area contributed by atoms with E-state index in [-0.39, 0.29) is 0 Å². The van der Waals surface area contributed by atoms with Crippen molar-refractivity contribution in [2.75, 3.05) is 5.32 Å². The summed E-state index contributed by atoms with van der Waals surface area (Å²) in [5.41, 5.74) is 2.32. The minimum absolute atomic E-state index is 0.333. The van der Waals surface area contributed by atoms with Crippen LogP contribution in [0, 0.1) is 6.92 Å². The molecule has 1 heterocycles. The average molecular weight is 252 g/mol. The van der Waals surface area contributed by atoms with E-state index in [0.29, 0.717) is 6.04 Å². The third kappa shape index (κ3) is 2.57. The van der Waals surface area contributed by atoms with E-state index in [1.165, 1.54) is 10.4 Å². The molecule has 3 heteroatoms. The molecule has 0 spiro atoms. The molecule has 1 aromatic carbocycles. The average Bonchev–Trinajstić information content (AvgIpc) is 2.75. The maximum Gasteiger partial charge on any atom is 0.0578 e. The highest BCUT2D eigenvalue weighted by Gasteiger charge is 2.07. The molecule has 0 radical (unpaired) electrons. The first-order valence-electron chi connectivity index (χ1n) is 5.23. The van der Waals surface area contributed by atoms with Gasteiger partial charge in [-0.3, -0.25) is 0 Å². The van der Waals surface area contributed by atoms with E-state index in [4.69, 9.17) is 11.6 Å². The van der Waals surface area contributed by atoms with Crippen molar-refractivity contribution < 1.29 is 0 Å². The predicted octanol–water partition coefficient (Wildman–Crippen LogP) is 4.88. The van der Waals surface area contributed by atoms with Gasteiger partial charge in [0.1, 0.15) is 0 Å². The zero-order valence-electron chi connectivity index (χ0n) is 9.33. The second-order valence-electron chi connectivity index (χ2n) is 3.84. The van der Waals surface area contributed by atoms with E-state index >= 15 is 0 Å². The molecule has 0 saturated heterocycles. The minimum atomic E-state index is 0.333. The quantitative estimate of drug-likeness (QED) is 0.820. The lowest BCUT2D eigenvalue weighted by Gasteiger charge is -2.15. The normalized spacial score (nSPS) is 12.4. The Labute approximate surface area is 105 Å². The molecule has 0 aliphatic heterocycles. The molecular weight excluding hydrogens is 238 g/mol. The molecule has 2 aromatic rings. The molecule has 1 atom stereocenters. The van der Waals surface area contributed by atoms with Gasteiger partial charge in [0.2, 0.25) is 0 Å². The summed E-state index contributed by atoms with van der Waals surface area (Å²) in [5, 5.41) is 6.38. The first-order valence-corrected chi connectivity index (χ1v) is 6.48. The Morgan fingerprint density at radius 1 is 1.31 bits per heavy atom. The Kier molecular flexibility index (Phi) is 3.52. The van der Waals surface area contributed by atoms with Gasteiger partial charge in [-0.15, -0.1) is 11.3 Å². The van der Waals surface area contributed by atoms with Gasteiger partial charge >= 0.3 is 0 Å². The minimum Gasteiger partial charge on any atom is -0.377 e. The maximum absolute atomic E-state index is 5.93. The van der Waals surface area contributed by atoms with Crippen LogP contribution in [0.5, 0.6) is 0 Å². The lowest BCUT2D eigenvalue weighted by molar-refractivity contribution is 0.905. The summed E-state index contributed by atoms with van der Waals surface area (Å²) in [7, 11) is 0. The highest BCUT2D eigenvalue weighted by molar-refractivity contribution is 7.10. The Morgan fingerprint density at radius 2 is 2.12 bits per heavy atom. The number of aryl methyl sites for hydroxylation is 1. The summed E-state index contributed by atoms with van der Waals surface area (Å²) >= 11 is 7.70. The van der Waals surface area contributed by atoms with Gasteiger partial charge in [0.15, 0.2) is 0 Å². The lowest BCUT2D eigenvalue weighted by Crippen LogP contribution is -2.05. The van der Waals surface area contributed by atoms with Crippen LogP contribution < -0.4 is 5.32 Å². The molecule has 0 aliphatic rings. The maximum atomic E-state index is 5.93. The van der Waals surface area contributed by atoms with Gasteiger partial charge in [-0.1, -0.05) is 17.7 Å². The Balaban J connectivity index is 2.15. The summed E-state index contributed by atoms with van der Waals surface area (Å²) in [6.07, 6.45) is 0. The number of rotatable bonds is 3. The van der Waals surface area contributed by atoms with Gasteiger partial charge in [-0.25, -0.2) is 0 Å². The van der Waals surface area contributed by atoms with E-state index in [1.807, 2.05) is 18.2 Å². The highest BCUT2D eigenvalue weighted by atomic mass is 35.5. The van der Waals surface area contributed by atoms with Crippen LogP contribution in [-0.4, -0.2) is 0 Å². The van der Waals surface area contributed by atoms with Gasteiger partial charge in [-0.2, -0.15) is 0 Å².